The molecule has 0 saturated heterocycles. The first kappa shape index (κ1) is 13.9. The van der Waals surface area contributed by atoms with Gasteiger partial charge in [-0.2, -0.15) is 0 Å². The lowest BCUT2D eigenvalue weighted by Crippen LogP contribution is -2.17. The Morgan fingerprint density at radius 2 is 2.05 bits per heavy atom. The molecule has 0 N–H and O–H groups in total. The predicted octanol–water partition coefficient (Wildman–Crippen LogP) is 3.93. The number of hydrogen-bond acceptors (Lipinski definition) is 4. The molecule has 1 heterocycles. The molecule has 0 radical (unpaired) electrons. The van der Waals surface area contributed by atoms with Crippen molar-refractivity contribution < 1.29 is 9.47 Å². The molecule has 0 unspecified atom stereocenters. The summed E-state index contributed by atoms with van der Waals surface area (Å²) < 4.78 is 10.8. The maximum Gasteiger partial charge on any atom is 0.128 e. The van der Waals surface area contributed by atoms with Crippen molar-refractivity contribution in [3.05, 3.63) is 40.8 Å². The monoisotopic (exact) mass is 277 g/mol. The number of benzene rings is 1. The number of hydrogen-bond donors (Lipinski definition) is 0. The van der Waals surface area contributed by atoms with Gasteiger partial charge < -0.3 is 14.4 Å². The lowest BCUT2D eigenvalue weighted by atomic mass is 10.1. The molecular formula is C15H19NO2S. The third-order valence-corrected chi connectivity index (χ3v) is 3.86. The van der Waals surface area contributed by atoms with Crippen molar-refractivity contribution in [3.8, 4) is 11.5 Å². The molecule has 0 atom stereocenters. The molecule has 1 aromatic carbocycles. The Hall–Kier alpha value is -1.55. The van der Waals surface area contributed by atoms with Gasteiger partial charge in [0.05, 0.1) is 24.9 Å². The van der Waals surface area contributed by atoms with E-state index >= 15 is 0 Å². The van der Waals surface area contributed by atoms with E-state index in [2.05, 4.69) is 23.8 Å². The molecule has 4 heteroatoms. The van der Waals surface area contributed by atoms with Gasteiger partial charge in [0.1, 0.15) is 11.5 Å². The van der Waals surface area contributed by atoms with Crippen LogP contribution >= 0.6 is 11.8 Å². The molecule has 0 aliphatic carbocycles. The van der Waals surface area contributed by atoms with Crippen LogP contribution in [0.4, 0.5) is 0 Å². The Morgan fingerprint density at radius 1 is 1.26 bits per heavy atom. The SMILES string of the molecule is C=C1SC=C(c2cc(OC)ccc2OC)N1CCC. The van der Waals surface area contributed by atoms with Crippen LogP contribution in [-0.4, -0.2) is 25.7 Å². The van der Waals surface area contributed by atoms with Gasteiger partial charge in [0.25, 0.3) is 0 Å². The fourth-order valence-corrected chi connectivity index (χ4v) is 2.90. The van der Waals surface area contributed by atoms with Gasteiger partial charge in [-0.05, 0) is 24.6 Å². The molecule has 1 aliphatic heterocycles. The first-order chi connectivity index (χ1) is 9.21. The summed E-state index contributed by atoms with van der Waals surface area (Å²) in [5, 5.41) is 3.18. The molecule has 0 bridgehead atoms. The highest BCUT2D eigenvalue weighted by molar-refractivity contribution is 8.06. The van der Waals surface area contributed by atoms with Crippen molar-refractivity contribution >= 4 is 17.5 Å². The summed E-state index contributed by atoms with van der Waals surface area (Å²) in [6.07, 6.45) is 1.07. The van der Waals surface area contributed by atoms with Gasteiger partial charge in [-0.25, -0.2) is 0 Å². The van der Waals surface area contributed by atoms with Crippen LogP contribution in [-0.2, 0) is 0 Å². The average molecular weight is 277 g/mol. The highest BCUT2D eigenvalue weighted by Crippen LogP contribution is 2.42. The standard InChI is InChI=1S/C15H19NO2S/c1-5-8-16-11(2)19-10-14(16)13-9-12(17-3)6-7-15(13)18-4/h6-7,9-10H,2,5,8H2,1,3-4H3. The van der Waals surface area contributed by atoms with E-state index in [9.17, 15) is 0 Å². The normalized spacial score (nSPS) is 14.6. The Bertz CT molecular complexity index is 511. The van der Waals surface area contributed by atoms with Gasteiger partial charge in [0.15, 0.2) is 0 Å². The van der Waals surface area contributed by atoms with Crippen LogP contribution in [0.15, 0.2) is 35.2 Å². The van der Waals surface area contributed by atoms with Gasteiger partial charge in [-0.15, -0.1) is 0 Å². The first-order valence-corrected chi connectivity index (χ1v) is 7.15. The third-order valence-electron chi connectivity index (χ3n) is 3.03. The zero-order valence-corrected chi connectivity index (χ0v) is 12.4. The summed E-state index contributed by atoms with van der Waals surface area (Å²) in [4.78, 5) is 2.22. The number of nitrogens with zero attached hydrogens (tertiary/aromatic N) is 1. The van der Waals surface area contributed by atoms with E-state index in [0.29, 0.717) is 0 Å². The van der Waals surface area contributed by atoms with Crippen molar-refractivity contribution in [2.75, 3.05) is 20.8 Å². The van der Waals surface area contributed by atoms with Gasteiger partial charge >= 0.3 is 0 Å². The topological polar surface area (TPSA) is 21.7 Å². The minimum absolute atomic E-state index is 0.829. The molecule has 3 nitrogen and oxygen atoms in total. The van der Waals surface area contributed by atoms with Crippen LogP contribution in [0.25, 0.3) is 5.70 Å². The Balaban J connectivity index is 2.42. The molecular weight excluding hydrogens is 258 g/mol. The van der Waals surface area contributed by atoms with Crippen LogP contribution in [0.2, 0.25) is 0 Å². The Morgan fingerprint density at radius 3 is 2.68 bits per heavy atom. The van der Waals surface area contributed by atoms with Crippen molar-refractivity contribution in [1.29, 1.82) is 0 Å². The zero-order chi connectivity index (χ0) is 13.8. The van der Waals surface area contributed by atoms with Crippen LogP contribution in [0.3, 0.4) is 0 Å². The van der Waals surface area contributed by atoms with Crippen molar-refractivity contribution in [3.63, 3.8) is 0 Å². The first-order valence-electron chi connectivity index (χ1n) is 6.27. The summed E-state index contributed by atoms with van der Waals surface area (Å²) in [7, 11) is 3.36. The molecule has 0 aromatic heterocycles. The summed E-state index contributed by atoms with van der Waals surface area (Å²) in [5.41, 5.74) is 2.18. The number of thioether (sulfide) groups is 1. The minimum atomic E-state index is 0.829. The maximum absolute atomic E-state index is 5.46. The fraction of sp³-hybridized carbons (Fsp3) is 0.333. The van der Waals surface area contributed by atoms with Gasteiger partial charge in [0, 0.05) is 17.5 Å². The van der Waals surface area contributed by atoms with E-state index in [4.69, 9.17) is 9.47 Å². The molecule has 0 amide bonds. The molecule has 0 saturated carbocycles. The highest BCUT2D eigenvalue weighted by Gasteiger charge is 2.23. The molecule has 1 aromatic rings. The summed E-state index contributed by atoms with van der Waals surface area (Å²) in [5.74, 6) is 1.68. The number of methoxy groups -OCH3 is 2. The van der Waals surface area contributed by atoms with Crippen LogP contribution in [0.5, 0.6) is 11.5 Å². The second-order valence-corrected chi connectivity index (χ2v) is 5.18. The van der Waals surface area contributed by atoms with Crippen LogP contribution < -0.4 is 9.47 Å². The van der Waals surface area contributed by atoms with Gasteiger partial charge in [-0.1, -0.05) is 25.3 Å². The van der Waals surface area contributed by atoms with Crippen LogP contribution in [0.1, 0.15) is 18.9 Å². The highest BCUT2D eigenvalue weighted by atomic mass is 32.2. The second-order valence-electron chi connectivity index (χ2n) is 4.23. The lowest BCUT2D eigenvalue weighted by Gasteiger charge is -2.23. The van der Waals surface area contributed by atoms with E-state index in [1.54, 1.807) is 26.0 Å². The largest absolute Gasteiger partial charge is 0.497 e. The van der Waals surface area contributed by atoms with E-state index in [0.717, 1.165) is 40.8 Å². The number of ether oxygens (including phenoxy) is 2. The summed E-state index contributed by atoms with van der Waals surface area (Å²) in [6.45, 7) is 7.21. The smallest absolute Gasteiger partial charge is 0.128 e. The van der Waals surface area contributed by atoms with Gasteiger partial charge in [0.2, 0.25) is 0 Å². The maximum atomic E-state index is 5.46. The Labute approximate surface area is 118 Å². The third kappa shape index (κ3) is 2.73. The number of rotatable bonds is 5. The molecule has 19 heavy (non-hydrogen) atoms. The van der Waals surface area contributed by atoms with E-state index < -0.39 is 0 Å². The minimum Gasteiger partial charge on any atom is -0.497 e. The second kappa shape index (κ2) is 6.06. The van der Waals surface area contributed by atoms with Crippen molar-refractivity contribution in [2.45, 2.75) is 13.3 Å². The van der Waals surface area contributed by atoms with Crippen molar-refractivity contribution in [1.82, 2.24) is 4.90 Å². The molecule has 102 valence electrons. The summed E-state index contributed by atoms with van der Waals surface area (Å²) in [6, 6.07) is 5.85. The molecule has 1 aliphatic rings. The van der Waals surface area contributed by atoms with E-state index in [1.165, 1.54) is 0 Å². The fourth-order valence-electron chi connectivity index (χ4n) is 2.08. The zero-order valence-electron chi connectivity index (χ0n) is 11.6. The Kier molecular flexibility index (Phi) is 4.43. The van der Waals surface area contributed by atoms with E-state index in [-0.39, 0.29) is 0 Å². The van der Waals surface area contributed by atoms with Gasteiger partial charge in [-0.3, -0.25) is 0 Å². The van der Waals surface area contributed by atoms with Crippen LogP contribution in [0, 0.1) is 0 Å². The quantitative estimate of drug-likeness (QED) is 0.813. The van der Waals surface area contributed by atoms with Crippen molar-refractivity contribution in [2.24, 2.45) is 0 Å². The average Bonchev–Trinajstić information content (AvgIpc) is 2.80. The summed E-state index contributed by atoms with van der Waals surface area (Å²) >= 11 is 1.65. The molecule has 0 spiro atoms. The predicted molar refractivity (Wildman–Crippen MR) is 81.3 cm³/mol. The lowest BCUT2D eigenvalue weighted by molar-refractivity contribution is 0.400. The van der Waals surface area contributed by atoms with E-state index in [1.807, 2.05) is 18.2 Å². The molecule has 0 fully saturated rings. The molecule has 2 rings (SSSR count).